The SMILES string of the molecule is CC(C)[C@@H]1CC[C@@H](C)C[C@H]1OC(=O)C(C)(O)CO. The quantitative estimate of drug-likeness (QED) is 0.754. The normalized spacial score (nSPS) is 32.1. The molecular formula is C14H26O4. The molecule has 0 bridgehead atoms. The Labute approximate surface area is 109 Å². The van der Waals surface area contributed by atoms with Gasteiger partial charge in [0.2, 0.25) is 0 Å². The third kappa shape index (κ3) is 3.69. The van der Waals surface area contributed by atoms with E-state index in [1.807, 2.05) is 0 Å². The van der Waals surface area contributed by atoms with Crippen LogP contribution in [0.2, 0.25) is 0 Å². The number of rotatable bonds is 4. The van der Waals surface area contributed by atoms with E-state index in [0.717, 1.165) is 19.3 Å². The van der Waals surface area contributed by atoms with E-state index in [1.54, 1.807) is 0 Å². The first kappa shape index (κ1) is 15.4. The average Bonchev–Trinajstić information content (AvgIpc) is 2.28. The molecule has 0 heterocycles. The molecule has 0 aliphatic heterocycles. The fourth-order valence-corrected chi connectivity index (χ4v) is 2.58. The van der Waals surface area contributed by atoms with Crippen molar-refractivity contribution in [2.45, 2.75) is 58.7 Å². The van der Waals surface area contributed by atoms with Gasteiger partial charge in [0.1, 0.15) is 6.10 Å². The molecule has 0 aromatic carbocycles. The molecule has 0 radical (unpaired) electrons. The van der Waals surface area contributed by atoms with Gasteiger partial charge in [-0.15, -0.1) is 0 Å². The van der Waals surface area contributed by atoms with Gasteiger partial charge in [0.15, 0.2) is 5.60 Å². The standard InChI is InChI=1S/C14H26O4/c1-9(2)11-6-5-10(3)7-12(11)18-13(16)14(4,17)8-15/h9-12,15,17H,5-8H2,1-4H3/t10-,11+,12-,14?/m1/s1. The van der Waals surface area contributed by atoms with Crippen LogP contribution in [0.15, 0.2) is 0 Å². The van der Waals surface area contributed by atoms with Crippen molar-refractivity contribution in [2.75, 3.05) is 6.61 Å². The third-order valence-electron chi connectivity index (χ3n) is 3.97. The van der Waals surface area contributed by atoms with Crippen LogP contribution in [0.5, 0.6) is 0 Å². The molecule has 18 heavy (non-hydrogen) atoms. The van der Waals surface area contributed by atoms with Crippen molar-refractivity contribution in [2.24, 2.45) is 17.8 Å². The molecule has 1 aliphatic rings. The van der Waals surface area contributed by atoms with E-state index in [4.69, 9.17) is 9.84 Å². The molecule has 4 atom stereocenters. The molecule has 1 fully saturated rings. The highest BCUT2D eigenvalue weighted by Crippen LogP contribution is 2.35. The molecule has 1 aliphatic carbocycles. The molecule has 2 N–H and O–H groups in total. The van der Waals surface area contributed by atoms with Crippen LogP contribution in [0.1, 0.15) is 47.0 Å². The Morgan fingerprint density at radius 3 is 2.56 bits per heavy atom. The second-order valence-electron chi connectivity index (χ2n) is 6.20. The Balaban J connectivity index is 2.69. The number of carbonyl (C=O) groups is 1. The van der Waals surface area contributed by atoms with E-state index in [2.05, 4.69) is 20.8 Å². The Morgan fingerprint density at radius 2 is 2.06 bits per heavy atom. The molecule has 0 amide bonds. The number of carbonyl (C=O) groups excluding carboxylic acids is 1. The first-order valence-electron chi connectivity index (χ1n) is 6.82. The van der Waals surface area contributed by atoms with E-state index in [9.17, 15) is 9.90 Å². The zero-order valence-electron chi connectivity index (χ0n) is 11.8. The van der Waals surface area contributed by atoms with Crippen LogP contribution in [-0.4, -0.2) is 34.5 Å². The van der Waals surface area contributed by atoms with Crippen molar-refractivity contribution in [3.8, 4) is 0 Å². The summed E-state index contributed by atoms with van der Waals surface area (Å²) in [5.74, 6) is 0.626. The largest absolute Gasteiger partial charge is 0.460 e. The Bertz CT molecular complexity index is 286. The molecule has 0 aromatic rings. The molecule has 0 saturated heterocycles. The lowest BCUT2D eigenvalue weighted by Gasteiger charge is -2.37. The molecule has 4 nitrogen and oxygen atoms in total. The minimum Gasteiger partial charge on any atom is -0.460 e. The lowest BCUT2D eigenvalue weighted by molar-refractivity contribution is -0.179. The molecule has 0 spiro atoms. The van der Waals surface area contributed by atoms with Gasteiger partial charge in [0.05, 0.1) is 6.61 Å². The number of ether oxygens (including phenoxy) is 1. The van der Waals surface area contributed by atoms with Crippen LogP contribution in [0, 0.1) is 17.8 Å². The fourth-order valence-electron chi connectivity index (χ4n) is 2.58. The lowest BCUT2D eigenvalue weighted by atomic mass is 9.75. The molecule has 0 aromatic heterocycles. The zero-order chi connectivity index (χ0) is 13.9. The summed E-state index contributed by atoms with van der Waals surface area (Å²) in [7, 11) is 0. The maximum atomic E-state index is 11.8. The van der Waals surface area contributed by atoms with Crippen molar-refractivity contribution in [1.29, 1.82) is 0 Å². The van der Waals surface area contributed by atoms with Gasteiger partial charge in [-0.3, -0.25) is 0 Å². The molecule has 4 heteroatoms. The minimum absolute atomic E-state index is 0.140. The van der Waals surface area contributed by atoms with Gasteiger partial charge in [-0.25, -0.2) is 4.79 Å². The predicted molar refractivity (Wildman–Crippen MR) is 68.9 cm³/mol. The van der Waals surface area contributed by atoms with Gasteiger partial charge in [-0.2, -0.15) is 0 Å². The van der Waals surface area contributed by atoms with Crippen molar-refractivity contribution in [3.63, 3.8) is 0 Å². The second-order valence-corrected chi connectivity index (χ2v) is 6.20. The maximum Gasteiger partial charge on any atom is 0.340 e. The van der Waals surface area contributed by atoms with Crippen LogP contribution in [-0.2, 0) is 9.53 Å². The number of esters is 1. The molecular weight excluding hydrogens is 232 g/mol. The summed E-state index contributed by atoms with van der Waals surface area (Å²) < 4.78 is 5.44. The van der Waals surface area contributed by atoms with Gasteiger partial charge < -0.3 is 14.9 Å². The number of aliphatic hydroxyl groups excluding tert-OH is 1. The van der Waals surface area contributed by atoms with Crippen molar-refractivity contribution in [3.05, 3.63) is 0 Å². The highest BCUT2D eigenvalue weighted by Gasteiger charge is 2.38. The average molecular weight is 258 g/mol. The summed E-state index contributed by atoms with van der Waals surface area (Å²) in [6, 6.07) is 0. The zero-order valence-corrected chi connectivity index (χ0v) is 11.8. The Hall–Kier alpha value is -0.610. The highest BCUT2D eigenvalue weighted by molar-refractivity contribution is 5.79. The highest BCUT2D eigenvalue weighted by atomic mass is 16.6. The van der Waals surface area contributed by atoms with Gasteiger partial charge in [0.25, 0.3) is 0 Å². The molecule has 106 valence electrons. The number of hydrogen-bond acceptors (Lipinski definition) is 4. The molecule has 1 unspecified atom stereocenters. The molecule has 1 rings (SSSR count). The summed E-state index contributed by atoms with van der Waals surface area (Å²) in [6.07, 6.45) is 2.92. The van der Waals surface area contributed by atoms with E-state index in [-0.39, 0.29) is 6.10 Å². The van der Waals surface area contributed by atoms with Gasteiger partial charge in [-0.05, 0) is 37.5 Å². The van der Waals surface area contributed by atoms with Crippen LogP contribution in [0.3, 0.4) is 0 Å². The van der Waals surface area contributed by atoms with Crippen molar-refractivity contribution >= 4 is 5.97 Å². The second kappa shape index (κ2) is 6.02. The smallest absolute Gasteiger partial charge is 0.340 e. The Kier molecular flexibility index (Phi) is 5.17. The minimum atomic E-state index is -1.79. The van der Waals surface area contributed by atoms with E-state index < -0.39 is 18.2 Å². The van der Waals surface area contributed by atoms with Crippen molar-refractivity contribution in [1.82, 2.24) is 0 Å². The van der Waals surface area contributed by atoms with Crippen LogP contribution >= 0.6 is 0 Å². The Morgan fingerprint density at radius 1 is 1.44 bits per heavy atom. The lowest BCUT2D eigenvalue weighted by Crippen LogP contribution is -2.45. The summed E-state index contributed by atoms with van der Waals surface area (Å²) in [5.41, 5.74) is -1.79. The van der Waals surface area contributed by atoms with Gasteiger partial charge >= 0.3 is 5.97 Å². The topological polar surface area (TPSA) is 66.8 Å². The van der Waals surface area contributed by atoms with E-state index in [0.29, 0.717) is 17.8 Å². The number of aliphatic hydroxyl groups is 2. The van der Waals surface area contributed by atoms with Crippen molar-refractivity contribution < 1.29 is 19.7 Å². The summed E-state index contributed by atoms with van der Waals surface area (Å²) in [5, 5.41) is 18.7. The monoisotopic (exact) mass is 258 g/mol. The maximum absolute atomic E-state index is 11.8. The van der Waals surface area contributed by atoms with Crippen LogP contribution in [0.25, 0.3) is 0 Å². The van der Waals surface area contributed by atoms with Gasteiger partial charge in [0, 0.05) is 0 Å². The van der Waals surface area contributed by atoms with Crippen LogP contribution < -0.4 is 0 Å². The summed E-state index contributed by atoms with van der Waals surface area (Å²) in [4.78, 5) is 11.8. The fraction of sp³-hybridized carbons (Fsp3) is 0.929. The number of hydrogen-bond donors (Lipinski definition) is 2. The molecule has 1 saturated carbocycles. The van der Waals surface area contributed by atoms with Crippen LogP contribution in [0.4, 0.5) is 0 Å². The van der Waals surface area contributed by atoms with Gasteiger partial charge in [-0.1, -0.05) is 27.2 Å². The predicted octanol–water partition coefficient (Wildman–Crippen LogP) is 1.73. The summed E-state index contributed by atoms with van der Waals surface area (Å²) >= 11 is 0. The third-order valence-corrected chi connectivity index (χ3v) is 3.97. The van der Waals surface area contributed by atoms with E-state index in [1.165, 1.54) is 6.92 Å². The summed E-state index contributed by atoms with van der Waals surface area (Å²) in [6.45, 7) is 7.09. The van der Waals surface area contributed by atoms with E-state index >= 15 is 0 Å². The first-order valence-corrected chi connectivity index (χ1v) is 6.82. The first-order chi connectivity index (χ1) is 8.27.